The summed E-state index contributed by atoms with van der Waals surface area (Å²) in [6.45, 7) is 2.19. The molecule has 2 aromatic carbocycles. The van der Waals surface area contributed by atoms with Gasteiger partial charge in [-0.3, -0.25) is 4.98 Å². The molecule has 2 aromatic heterocycles. The maximum absolute atomic E-state index is 13.9. The van der Waals surface area contributed by atoms with Gasteiger partial charge in [0.1, 0.15) is 17.4 Å². The minimum atomic E-state index is -0.203. The van der Waals surface area contributed by atoms with Crippen LogP contribution in [0.5, 0.6) is 5.75 Å². The van der Waals surface area contributed by atoms with Crippen LogP contribution >= 0.6 is 11.6 Å². The highest BCUT2D eigenvalue weighted by atomic mass is 35.5. The Morgan fingerprint density at radius 3 is 2.65 bits per heavy atom. The molecule has 5 nitrogen and oxygen atoms in total. The largest absolute Gasteiger partial charge is 0.497 e. The summed E-state index contributed by atoms with van der Waals surface area (Å²) in [4.78, 5) is 13.2. The number of pyridine rings is 1. The van der Waals surface area contributed by atoms with Gasteiger partial charge in [0.25, 0.3) is 0 Å². The van der Waals surface area contributed by atoms with Gasteiger partial charge in [0.15, 0.2) is 0 Å². The summed E-state index contributed by atoms with van der Waals surface area (Å²) in [5.74, 6) is 2.37. The van der Waals surface area contributed by atoms with Crippen LogP contribution in [-0.2, 0) is 0 Å². The molecule has 0 spiro atoms. The number of nitrogens with one attached hydrogen (secondary N) is 1. The monoisotopic (exact) mass is 478 g/mol. The maximum atomic E-state index is 13.9. The second-order valence-electron chi connectivity index (χ2n) is 9.28. The van der Waals surface area contributed by atoms with E-state index in [1.54, 1.807) is 19.2 Å². The molecule has 34 heavy (non-hydrogen) atoms. The molecule has 176 valence electrons. The number of methoxy groups -OCH3 is 1. The summed E-state index contributed by atoms with van der Waals surface area (Å²) in [5.41, 5.74) is 2.86. The normalized spacial score (nSPS) is 19.3. The molecule has 1 atom stereocenters. The zero-order valence-corrected chi connectivity index (χ0v) is 20.1. The number of anilines is 1. The van der Waals surface area contributed by atoms with Crippen LogP contribution in [0.4, 0.5) is 10.2 Å². The Balaban J connectivity index is 1.24. The maximum Gasteiger partial charge on any atom is 0.224 e. The lowest BCUT2D eigenvalue weighted by Crippen LogP contribution is -2.23. The van der Waals surface area contributed by atoms with E-state index in [4.69, 9.17) is 16.3 Å². The standard InChI is InChI=1S/C27H28ClFN4O/c1-16(31-26-22-9-8-20(34-2)15-25(22)32-27(28)33-26)13-17-3-5-18(6-4-17)21-11-12-30-24-10-7-19(29)14-23(21)24/h7-12,14-18H,3-6,13H2,1-2H3,(H,31,32,33)/t16?,17-,18+. The third-order valence-electron chi connectivity index (χ3n) is 6.97. The van der Waals surface area contributed by atoms with E-state index in [0.717, 1.165) is 65.5 Å². The smallest absolute Gasteiger partial charge is 0.224 e. The highest BCUT2D eigenvalue weighted by molar-refractivity contribution is 6.28. The Bertz CT molecular complexity index is 1320. The molecule has 0 aliphatic heterocycles. The number of rotatable bonds is 6. The van der Waals surface area contributed by atoms with E-state index in [1.165, 1.54) is 11.6 Å². The first kappa shape index (κ1) is 22.8. The Morgan fingerprint density at radius 1 is 1.03 bits per heavy atom. The van der Waals surface area contributed by atoms with Gasteiger partial charge < -0.3 is 10.1 Å². The molecule has 0 bridgehead atoms. The van der Waals surface area contributed by atoms with Crippen LogP contribution in [0.1, 0.15) is 50.5 Å². The molecule has 4 aromatic rings. The van der Waals surface area contributed by atoms with E-state index in [9.17, 15) is 4.39 Å². The van der Waals surface area contributed by atoms with Crippen LogP contribution in [-0.4, -0.2) is 28.1 Å². The zero-order valence-electron chi connectivity index (χ0n) is 19.4. The molecular formula is C27H28ClFN4O. The number of aromatic nitrogens is 3. The fourth-order valence-electron chi connectivity index (χ4n) is 5.32. The van der Waals surface area contributed by atoms with Gasteiger partial charge >= 0.3 is 0 Å². The Labute approximate surface area is 203 Å². The van der Waals surface area contributed by atoms with Crippen molar-refractivity contribution < 1.29 is 9.13 Å². The van der Waals surface area contributed by atoms with Crippen LogP contribution in [0.25, 0.3) is 21.8 Å². The molecule has 2 heterocycles. The fourth-order valence-corrected chi connectivity index (χ4v) is 5.49. The van der Waals surface area contributed by atoms with Crippen molar-refractivity contribution in [1.29, 1.82) is 0 Å². The van der Waals surface area contributed by atoms with Crippen LogP contribution in [0.3, 0.4) is 0 Å². The molecule has 0 saturated heterocycles. The van der Waals surface area contributed by atoms with Gasteiger partial charge in [0.05, 0.1) is 18.1 Å². The Morgan fingerprint density at radius 2 is 1.85 bits per heavy atom. The quantitative estimate of drug-likeness (QED) is 0.298. The predicted molar refractivity (Wildman–Crippen MR) is 135 cm³/mol. The first-order valence-electron chi connectivity index (χ1n) is 11.8. The summed E-state index contributed by atoms with van der Waals surface area (Å²) in [6, 6.07) is 12.9. The lowest BCUT2D eigenvalue weighted by Gasteiger charge is -2.31. The number of nitrogens with zero attached hydrogens (tertiary/aromatic N) is 3. The zero-order chi connectivity index (χ0) is 23.7. The Kier molecular flexibility index (Phi) is 6.50. The topological polar surface area (TPSA) is 59.9 Å². The third kappa shape index (κ3) is 4.78. The molecule has 0 amide bonds. The minimum absolute atomic E-state index is 0.203. The summed E-state index contributed by atoms with van der Waals surface area (Å²) in [7, 11) is 1.63. The highest BCUT2D eigenvalue weighted by Gasteiger charge is 2.25. The molecule has 1 aliphatic carbocycles. The van der Waals surface area contributed by atoms with Gasteiger partial charge in [-0.15, -0.1) is 0 Å². The number of fused-ring (bicyclic) bond motifs is 2. The van der Waals surface area contributed by atoms with Gasteiger partial charge in [0, 0.05) is 29.1 Å². The van der Waals surface area contributed by atoms with Crippen LogP contribution < -0.4 is 10.1 Å². The molecule has 5 rings (SSSR count). The van der Waals surface area contributed by atoms with Crippen molar-refractivity contribution in [2.75, 3.05) is 12.4 Å². The molecular weight excluding hydrogens is 451 g/mol. The first-order valence-corrected chi connectivity index (χ1v) is 12.2. The fraction of sp³-hybridized carbons (Fsp3) is 0.370. The second kappa shape index (κ2) is 9.71. The number of benzene rings is 2. The van der Waals surface area contributed by atoms with E-state index in [-0.39, 0.29) is 17.1 Å². The third-order valence-corrected chi connectivity index (χ3v) is 7.14. The van der Waals surface area contributed by atoms with Crippen molar-refractivity contribution in [3.8, 4) is 5.75 Å². The summed E-state index contributed by atoms with van der Waals surface area (Å²) < 4.78 is 19.2. The van der Waals surface area contributed by atoms with Crippen molar-refractivity contribution in [3.05, 3.63) is 65.3 Å². The van der Waals surface area contributed by atoms with Crippen molar-refractivity contribution >= 4 is 39.2 Å². The average Bonchev–Trinajstić information content (AvgIpc) is 2.83. The van der Waals surface area contributed by atoms with E-state index in [0.29, 0.717) is 11.8 Å². The second-order valence-corrected chi connectivity index (χ2v) is 9.62. The van der Waals surface area contributed by atoms with Gasteiger partial charge in [-0.1, -0.05) is 0 Å². The van der Waals surface area contributed by atoms with Crippen molar-refractivity contribution in [2.45, 2.75) is 51.0 Å². The molecule has 1 saturated carbocycles. The van der Waals surface area contributed by atoms with Crippen LogP contribution in [0, 0.1) is 11.7 Å². The molecule has 0 radical (unpaired) electrons. The first-order chi connectivity index (χ1) is 16.5. The van der Waals surface area contributed by atoms with Gasteiger partial charge in [-0.2, -0.15) is 0 Å². The predicted octanol–water partition coefficient (Wildman–Crippen LogP) is 7.14. The molecule has 1 aliphatic rings. The minimum Gasteiger partial charge on any atom is -0.497 e. The highest BCUT2D eigenvalue weighted by Crippen LogP contribution is 2.40. The lowest BCUT2D eigenvalue weighted by atomic mass is 9.76. The van der Waals surface area contributed by atoms with Crippen molar-refractivity contribution in [1.82, 2.24) is 15.0 Å². The Hall–Kier alpha value is -2.99. The number of halogens is 2. The molecule has 1 unspecified atom stereocenters. The molecule has 7 heteroatoms. The van der Waals surface area contributed by atoms with E-state index < -0.39 is 0 Å². The number of hydrogen-bond acceptors (Lipinski definition) is 5. The van der Waals surface area contributed by atoms with E-state index in [2.05, 4.69) is 33.3 Å². The summed E-state index contributed by atoms with van der Waals surface area (Å²) in [5, 5.41) is 5.65. The molecule has 1 N–H and O–H groups in total. The van der Waals surface area contributed by atoms with Crippen molar-refractivity contribution in [3.63, 3.8) is 0 Å². The summed E-state index contributed by atoms with van der Waals surface area (Å²) in [6.07, 6.45) is 7.42. The van der Waals surface area contributed by atoms with E-state index >= 15 is 0 Å². The van der Waals surface area contributed by atoms with Gasteiger partial charge in [-0.25, -0.2) is 14.4 Å². The van der Waals surface area contributed by atoms with Crippen LogP contribution in [0.15, 0.2) is 48.7 Å². The average molecular weight is 479 g/mol. The number of ether oxygens (including phenoxy) is 1. The lowest BCUT2D eigenvalue weighted by molar-refractivity contribution is 0.302. The number of hydrogen-bond donors (Lipinski definition) is 1. The van der Waals surface area contributed by atoms with Crippen molar-refractivity contribution in [2.24, 2.45) is 5.92 Å². The molecule has 1 fully saturated rings. The van der Waals surface area contributed by atoms with Gasteiger partial charge in [-0.05, 0) is 104 Å². The summed E-state index contributed by atoms with van der Waals surface area (Å²) >= 11 is 6.19. The van der Waals surface area contributed by atoms with Crippen LogP contribution in [0.2, 0.25) is 5.28 Å². The van der Waals surface area contributed by atoms with E-state index in [1.807, 2.05) is 24.4 Å². The van der Waals surface area contributed by atoms with Gasteiger partial charge in [0.2, 0.25) is 5.28 Å². The SMILES string of the molecule is COc1ccc2c(NC(C)C[C@H]3CC[C@@H](c4ccnc5ccc(F)cc54)CC3)nc(Cl)nc2c1.